The van der Waals surface area contributed by atoms with Crippen LogP contribution in [0.5, 0.6) is 5.75 Å². The van der Waals surface area contributed by atoms with Gasteiger partial charge in [-0.1, -0.05) is 12.1 Å². The summed E-state index contributed by atoms with van der Waals surface area (Å²) >= 11 is 1.38. The number of carbonyl (C=O) groups is 2. The zero-order valence-corrected chi connectivity index (χ0v) is 17.5. The lowest BCUT2D eigenvalue weighted by Crippen LogP contribution is -2.48. The molecule has 0 atom stereocenters. The second kappa shape index (κ2) is 9.00. The Kier molecular flexibility index (Phi) is 5.99. The number of hydrogen-bond donors (Lipinski definition) is 1. The van der Waals surface area contributed by atoms with E-state index >= 15 is 0 Å². The predicted octanol–water partition coefficient (Wildman–Crippen LogP) is 3.97. The Morgan fingerprint density at radius 1 is 0.967 bits per heavy atom. The second-order valence-electron chi connectivity index (χ2n) is 6.99. The Labute approximate surface area is 179 Å². The van der Waals surface area contributed by atoms with Gasteiger partial charge in [0.05, 0.1) is 12.0 Å². The van der Waals surface area contributed by atoms with Crippen molar-refractivity contribution >= 4 is 34.5 Å². The van der Waals surface area contributed by atoms with Gasteiger partial charge in [-0.25, -0.2) is 0 Å². The Hall–Kier alpha value is -3.32. The van der Waals surface area contributed by atoms with Gasteiger partial charge < -0.3 is 19.9 Å². The molecule has 0 unspecified atom stereocenters. The van der Waals surface area contributed by atoms with Crippen molar-refractivity contribution < 1.29 is 14.3 Å². The summed E-state index contributed by atoms with van der Waals surface area (Å²) < 4.78 is 5.21. The maximum atomic E-state index is 13.0. The van der Waals surface area contributed by atoms with Crippen LogP contribution in [0, 0.1) is 0 Å². The summed E-state index contributed by atoms with van der Waals surface area (Å²) in [4.78, 5) is 30.0. The molecule has 2 amide bonds. The third-order valence-electron chi connectivity index (χ3n) is 5.12. The van der Waals surface area contributed by atoms with Crippen LogP contribution in [0.2, 0.25) is 0 Å². The highest BCUT2D eigenvalue weighted by atomic mass is 32.1. The number of thiophene rings is 1. The first-order chi connectivity index (χ1) is 14.6. The molecule has 30 heavy (non-hydrogen) atoms. The second-order valence-corrected chi connectivity index (χ2v) is 7.94. The van der Waals surface area contributed by atoms with Crippen molar-refractivity contribution in [1.29, 1.82) is 0 Å². The maximum Gasteiger partial charge on any atom is 0.265 e. The topological polar surface area (TPSA) is 61.9 Å². The molecule has 1 fully saturated rings. The molecule has 154 valence electrons. The highest BCUT2D eigenvalue weighted by Crippen LogP contribution is 2.22. The summed E-state index contributed by atoms with van der Waals surface area (Å²) in [5.41, 5.74) is 2.33. The number of methoxy groups -OCH3 is 1. The number of carbonyl (C=O) groups excluding carboxylic acids is 2. The third kappa shape index (κ3) is 4.46. The van der Waals surface area contributed by atoms with Gasteiger partial charge in [0, 0.05) is 43.1 Å². The highest BCUT2D eigenvalue weighted by Gasteiger charge is 2.22. The van der Waals surface area contributed by atoms with Crippen LogP contribution >= 0.6 is 11.3 Å². The number of amides is 2. The summed E-state index contributed by atoms with van der Waals surface area (Å²) in [6.45, 7) is 2.84. The molecule has 0 spiro atoms. The molecule has 7 heteroatoms. The molecule has 1 saturated heterocycles. The monoisotopic (exact) mass is 421 g/mol. The Morgan fingerprint density at radius 3 is 2.40 bits per heavy atom. The van der Waals surface area contributed by atoms with E-state index in [4.69, 9.17) is 4.74 Å². The number of rotatable bonds is 5. The summed E-state index contributed by atoms with van der Waals surface area (Å²) in [7, 11) is 1.65. The first-order valence-electron chi connectivity index (χ1n) is 9.77. The number of piperazine rings is 1. The fraction of sp³-hybridized carbons (Fsp3) is 0.217. The van der Waals surface area contributed by atoms with Gasteiger partial charge in [-0.15, -0.1) is 11.3 Å². The maximum absolute atomic E-state index is 13.0. The molecule has 2 heterocycles. The van der Waals surface area contributed by atoms with E-state index < -0.39 is 0 Å². The summed E-state index contributed by atoms with van der Waals surface area (Å²) in [6, 6.07) is 18.7. The summed E-state index contributed by atoms with van der Waals surface area (Å²) in [5, 5.41) is 4.72. The van der Waals surface area contributed by atoms with Crippen LogP contribution in [-0.2, 0) is 0 Å². The summed E-state index contributed by atoms with van der Waals surface area (Å²) in [6.07, 6.45) is 0. The van der Waals surface area contributed by atoms with E-state index in [0.717, 1.165) is 24.5 Å². The molecule has 4 rings (SSSR count). The predicted molar refractivity (Wildman–Crippen MR) is 120 cm³/mol. The van der Waals surface area contributed by atoms with Crippen LogP contribution in [0.15, 0.2) is 66.0 Å². The number of nitrogens with one attached hydrogen (secondary N) is 1. The molecule has 0 aliphatic carbocycles. The SMILES string of the molecule is COc1ccc(N2CCN(C(=O)c3cccc(NC(=O)c4cccs4)c3)CC2)cc1. The minimum absolute atomic E-state index is 0.0170. The molecular weight excluding hydrogens is 398 g/mol. The van der Waals surface area contributed by atoms with Gasteiger partial charge in [-0.3, -0.25) is 9.59 Å². The summed E-state index contributed by atoms with van der Waals surface area (Å²) in [5.74, 6) is 0.651. The normalized spacial score (nSPS) is 13.8. The van der Waals surface area contributed by atoms with Gasteiger partial charge >= 0.3 is 0 Å². The minimum atomic E-state index is -0.164. The molecule has 0 bridgehead atoms. The van der Waals surface area contributed by atoms with E-state index in [1.54, 1.807) is 37.4 Å². The van der Waals surface area contributed by atoms with Gasteiger partial charge in [0.25, 0.3) is 11.8 Å². The number of ether oxygens (including phenoxy) is 1. The highest BCUT2D eigenvalue weighted by molar-refractivity contribution is 7.12. The number of benzene rings is 2. The lowest BCUT2D eigenvalue weighted by atomic mass is 10.1. The Balaban J connectivity index is 1.37. The van der Waals surface area contributed by atoms with E-state index in [9.17, 15) is 9.59 Å². The Bertz CT molecular complexity index is 1010. The molecule has 6 nitrogen and oxygen atoms in total. The number of nitrogens with zero attached hydrogens (tertiary/aromatic N) is 2. The van der Waals surface area contributed by atoms with E-state index in [1.165, 1.54) is 11.3 Å². The zero-order valence-electron chi connectivity index (χ0n) is 16.7. The average molecular weight is 422 g/mol. The Morgan fingerprint density at radius 2 is 1.73 bits per heavy atom. The van der Waals surface area contributed by atoms with Crippen LogP contribution in [0.1, 0.15) is 20.0 Å². The largest absolute Gasteiger partial charge is 0.497 e. The standard InChI is InChI=1S/C23H23N3O3S/c1-29-20-9-7-19(8-10-20)25-11-13-26(14-12-25)23(28)17-4-2-5-18(16-17)24-22(27)21-6-3-15-30-21/h2-10,15-16H,11-14H2,1H3,(H,24,27). The number of anilines is 2. The van der Waals surface area contributed by atoms with E-state index in [1.807, 2.05) is 40.6 Å². The number of hydrogen-bond acceptors (Lipinski definition) is 5. The van der Waals surface area contributed by atoms with Crippen molar-refractivity contribution in [3.05, 3.63) is 76.5 Å². The molecule has 0 saturated carbocycles. The van der Waals surface area contributed by atoms with Crippen molar-refractivity contribution in [3.8, 4) is 5.75 Å². The van der Waals surface area contributed by atoms with Crippen LogP contribution in [0.4, 0.5) is 11.4 Å². The first-order valence-corrected chi connectivity index (χ1v) is 10.7. The lowest BCUT2D eigenvalue weighted by Gasteiger charge is -2.36. The average Bonchev–Trinajstić information content (AvgIpc) is 3.34. The van der Waals surface area contributed by atoms with Crippen LogP contribution in [-0.4, -0.2) is 50.0 Å². The fourth-order valence-electron chi connectivity index (χ4n) is 3.47. The zero-order chi connectivity index (χ0) is 20.9. The molecule has 1 N–H and O–H groups in total. The minimum Gasteiger partial charge on any atom is -0.497 e. The molecule has 1 aliphatic rings. The van der Waals surface area contributed by atoms with Gasteiger partial charge in [-0.05, 0) is 53.9 Å². The van der Waals surface area contributed by atoms with Crippen LogP contribution in [0.3, 0.4) is 0 Å². The van der Waals surface area contributed by atoms with Crippen LogP contribution < -0.4 is 15.0 Å². The molecule has 0 radical (unpaired) electrons. The van der Waals surface area contributed by atoms with Crippen molar-refractivity contribution in [2.24, 2.45) is 0 Å². The fourth-order valence-corrected chi connectivity index (χ4v) is 4.09. The van der Waals surface area contributed by atoms with E-state index in [-0.39, 0.29) is 11.8 Å². The van der Waals surface area contributed by atoms with Crippen LogP contribution in [0.25, 0.3) is 0 Å². The molecule has 2 aromatic carbocycles. The molecule has 1 aromatic heterocycles. The van der Waals surface area contributed by atoms with Crippen molar-refractivity contribution in [2.75, 3.05) is 43.5 Å². The molecule has 3 aromatic rings. The van der Waals surface area contributed by atoms with Gasteiger partial charge in [0.15, 0.2) is 0 Å². The van der Waals surface area contributed by atoms with Gasteiger partial charge in [-0.2, -0.15) is 0 Å². The van der Waals surface area contributed by atoms with Crippen molar-refractivity contribution in [1.82, 2.24) is 4.90 Å². The third-order valence-corrected chi connectivity index (χ3v) is 5.99. The molecular formula is C23H23N3O3S. The quantitative estimate of drug-likeness (QED) is 0.677. The van der Waals surface area contributed by atoms with Gasteiger partial charge in [0.1, 0.15) is 5.75 Å². The van der Waals surface area contributed by atoms with E-state index in [2.05, 4.69) is 10.2 Å². The first kappa shape index (κ1) is 20.0. The lowest BCUT2D eigenvalue weighted by molar-refractivity contribution is 0.0746. The van der Waals surface area contributed by atoms with Gasteiger partial charge in [0.2, 0.25) is 0 Å². The smallest absolute Gasteiger partial charge is 0.265 e. The van der Waals surface area contributed by atoms with Crippen molar-refractivity contribution in [2.45, 2.75) is 0 Å². The van der Waals surface area contributed by atoms with E-state index in [0.29, 0.717) is 29.2 Å². The molecule has 1 aliphatic heterocycles. The van der Waals surface area contributed by atoms with Crippen molar-refractivity contribution in [3.63, 3.8) is 0 Å².